The fourth-order valence-electron chi connectivity index (χ4n) is 2.22. The molecule has 0 radical (unpaired) electrons. The first-order valence-corrected chi connectivity index (χ1v) is 9.54. The summed E-state index contributed by atoms with van der Waals surface area (Å²) in [5.74, 6) is 0. The first-order chi connectivity index (χ1) is 10.2. The Morgan fingerprint density at radius 2 is 2.10 bits per heavy atom. The summed E-state index contributed by atoms with van der Waals surface area (Å²) in [6.45, 7) is 1.93. The average Bonchev–Trinajstić information content (AvgIpc) is 2.71. The maximum atomic E-state index is 11.2. The third-order valence-corrected chi connectivity index (χ3v) is 6.90. The van der Waals surface area contributed by atoms with Crippen molar-refractivity contribution in [1.82, 2.24) is 0 Å². The van der Waals surface area contributed by atoms with Crippen LogP contribution >= 0.6 is 11.3 Å². The molecule has 0 aliphatic carbocycles. The van der Waals surface area contributed by atoms with Crippen LogP contribution in [0.4, 0.5) is 0 Å². The molecule has 0 bridgehead atoms. The van der Waals surface area contributed by atoms with E-state index in [2.05, 4.69) is 4.99 Å². The summed E-state index contributed by atoms with van der Waals surface area (Å²) < 4.78 is 3.88. The predicted octanol–water partition coefficient (Wildman–Crippen LogP) is -1.10. The van der Waals surface area contributed by atoms with E-state index in [1.165, 1.54) is 11.3 Å². The first-order valence-electron chi connectivity index (χ1n) is 6.40. The van der Waals surface area contributed by atoms with E-state index in [1.807, 2.05) is 41.3 Å². The number of fused-ring (bicyclic) bond motifs is 1. The van der Waals surface area contributed by atoms with Crippen LogP contribution in [0.1, 0.15) is 26.9 Å². The topological polar surface area (TPSA) is 49.7 Å². The zero-order valence-electron chi connectivity index (χ0n) is 11.3. The molecule has 1 aromatic heterocycles. The van der Waals surface area contributed by atoms with Crippen LogP contribution in [0, 0.1) is 6.92 Å². The molecule has 108 valence electrons. The molecule has 21 heavy (non-hydrogen) atoms. The first kappa shape index (κ1) is 14.6. The van der Waals surface area contributed by atoms with E-state index in [-0.39, 0.29) is 0 Å². The van der Waals surface area contributed by atoms with Crippen LogP contribution in [0.5, 0.6) is 0 Å². The third kappa shape index (κ3) is 2.73. The van der Waals surface area contributed by atoms with Gasteiger partial charge in [0, 0.05) is 0 Å². The van der Waals surface area contributed by atoms with Gasteiger partial charge in [-0.1, -0.05) is 0 Å². The molecule has 0 amide bonds. The second-order valence-electron chi connectivity index (χ2n) is 4.56. The van der Waals surface area contributed by atoms with Gasteiger partial charge in [-0.05, 0) is 0 Å². The van der Waals surface area contributed by atoms with Gasteiger partial charge in [-0.15, -0.1) is 0 Å². The molecule has 3 rings (SSSR count). The summed E-state index contributed by atoms with van der Waals surface area (Å²) in [6.07, 6.45) is 2.03. The number of benzene rings is 1. The monoisotopic (exact) mass is 410 g/mol. The average molecular weight is 410 g/mol. The Bertz CT molecular complexity index is 824. The van der Waals surface area contributed by atoms with Crippen LogP contribution in [-0.4, -0.2) is 11.4 Å². The van der Waals surface area contributed by atoms with Crippen molar-refractivity contribution in [3.8, 4) is 0 Å². The molecule has 0 saturated carbocycles. The van der Waals surface area contributed by atoms with Gasteiger partial charge in [0.2, 0.25) is 0 Å². The van der Waals surface area contributed by atoms with Crippen LogP contribution in [0.25, 0.3) is 3.58 Å². The molecule has 0 fully saturated rings. The number of carbonyl (C=O) groups is 1. The van der Waals surface area contributed by atoms with E-state index < -0.39 is 27.3 Å². The molecule has 1 aliphatic rings. The van der Waals surface area contributed by atoms with Crippen molar-refractivity contribution >= 4 is 21.2 Å². The Morgan fingerprint density at radius 1 is 1.33 bits per heavy atom. The number of rotatable bonds is 3. The van der Waals surface area contributed by atoms with Crippen molar-refractivity contribution in [3.63, 3.8) is 0 Å². The summed E-state index contributed by atoms with van der Waals surface area (Å²) >= 11 is 0.932. The fraction of sp³-hybridized carbons (Fsp3) is 0.125. The predicted molar refractivity (Wildman–Crippen MR) is 79.2 cm³/mol. The van der Waals surface area contributed by atoms with Crippen molar-refractivity contribution < 1.29 is 31.1 Å². The molecule has 0 spiro atoms. The molecule has 3 nitrogen and oxygen atoms in total. The van der Waals surface area contributed by atoms with Crippen molar-refractivity contribution in [3.05, 3.63) is 66.5 Å². The maximum absolute atomic E-state index is 11.2. The summed E-state index contributed by atoms with van der Waals surface area (Å²) in [7, 11) is 0. The van der Waals surface area contributed by atoms with Crippen LogP contribution in [0.3, 0.4) is 0 Å². The Labute approximate surface area is 136 Å². The van der Waals surface area contributed by atoms with E-state index in [9.17, 15) is 9.90 Å². The molecule has 2 aromatic rings. The molecule has 1 unspecified atom stereocenters. The Balaban J connectivity index is 2.27. The molecule has 1 N–H and O–H groups in total. The summed E-state index contributed by atoms with van der Waals surface area (Å²) in [6, 6.07) is 9.63. The van der Waals surface area contributed by atoms with Crippen molar-refractivity contribution in [1.29, 1.82) is 0 Å². The molecule has 2 heterocycles. The van der Waals surface area contributed by atoms with Gasteiger partial charge in [0.05, 0.1) is 0 Å². The van der Waals surface area contributed by atoms with Gasteiger partial charge in [-0.3, -0.25) is 0 Å². The Morgan fingerprint density at radius 3 is 2.81 bits per heavy atom. The second-order valence-corrected chi connectivity index (χ2v) is 8.10. The molecular weight excluding hydrogens is 397 g/mol. The second kappa shape index (κ2) is 6.21. The molecule has 1 atom stereocenters. The van der Waals surface area contributed by atoms with Gasteiger partial charge in [0.25, 0.3) is 0 Å². The SMILES string of the molecule is Cc1c(C=O)sc2c1=C(C(O)c1ccccc1)[I-]C=CN=2. The summed E-state index contributed by atoms with van der Waals surface area (Å²) in [5, 5.41) is 11.7. The van der Waals surface area contributed by atoms with Gasteiger partial charge >= 0.3 is 137 Å². The number of halogens is 1. The number of aliphatic hydroxyl groups is 1. The van der Waals surface area contributed by atoms with E-state index in [0.717, 1.165) is 30.9 Å². The minimum absolute atomic E-state index is 0.459. The van der Waals surface area contributed by atoms with Gasteiger partial charge in [0.1, 0.15) is 0 Å². The third-order valence-electron chi connectivity index (χ3n) is 3.30. The van der Waals surface area contributed by atoms with E-state index in [1.54, 1.807) is 6.20 Å². The van der Waals surface area contributed by atoms with Crippen molar-refractivity contribution in [2.75, 3.05) is 0 Å². The van der Waals surface area contributed by atoms with Gasteiger partial charge in [0.15, 0.2) is 0 Å². The quantitative estimate of drug-likeness (QED) is 0.517. The van der Waals surface area contributed by atoms with E-state index in [4.69, 9.17) is 0 Å². The zero-order chi connectivity index (χ0) is 14.8. The van der Waals surface area contributed by atoms with E-state index >= 15 is 0 Å². The summed E-state index contributed by atoms with van der Waals surface area (Å²) in [5.41, 5.74) is 1.81. The van der Waals surface area contributed by atoms with Crippen LogP contribution in [0.2, 0.25) is 0 Å². The minimum atomic E-state index is -0.636. The normalized spacial score (nSPS) is 15.4. The van der Waals surface area contributed by atoms with E-state index in [0.29, 0.717) is 4.88 Å². The van der Waals surface area contributed by atoms with Gasteiger partial charge < -0.3 is 0 Å². The standard InChI is InChI=1S/C16H13INO2S/c1-10-12(9-19)21-16-13(10)14(17-7-8-18-16)15(20)11-5-3-2-4-6-11/h2-9,15,20H,1H3/q-1. The van der Waals surface area contributed by atoms with Crippen LogP contribution in [0.15, 0.2) is 45.6 Å². The molecule has 0 saturated heterocycles. The molecular formula is C16H13INO2S-. The van der Waals surface area contributed by atoms with Crippen LogP contribution in [-0.2, 0) is 0 Å². The number of hydrogen-bond acceptors (Lipinski definition) is 4. The number of carbonyl (C=O) groups excluding carboxylic acids is 1. The Hall–Kier alpha value is -1.31. The molecule has 1 aromatic carbocycles. The van der Waals surface area contributed by atoms with Gasteiger partial charge in [-0.2, -0.15) is 0 Å². The fourth-order valence-corrected chi connectivity index (χ4v) is 5.78. The summed E-state index contributed by atoms with van der Waals surface area (Å²) in [4.78, 5) is 16.3. The number of thiophene rings is 1. The molecule has 1 aliphatic heterocycles. The van der Waals surface area contributed by atoms with Crippen LogP contribution < -0.4 is 31.1 Å². The van der Waals surface area contributed by atoms with Crippen molar-refractivity contribution in [2.24, 2.45) is 4.99 Å². The molecule has 5 heteroatoms. The number of nitrogens with zero attached hydrogens (tertiary/aromatic N) is 1. The zero-order valence-corrected chi connectivity index (χ0v) is 14.3. The Kier molecular flexibility index (Phi) is 4.32. The number of aldehydes is 1. The van der Waals surface area contributed by atoms with Crippen molar-refractivity contribution in [2.45, 2.75) is 13.0 Å². The van der Waals surface area contributed by atoms with Gasteiger partial charge in [-0.25, -0.2) is 0 Å². The number of aliphatic hydroxyl groups excluding tert-OH is 1. The number of hydrogen-bond donors (Lipinski definition) is 1.